The molecule has 100 valence electrons. The third-order valence-electron chi connectivity index (χ3n) is 2.86. The maximum atomic E-state index is 12.7. The number of ether oxygens (including phenoxy) is 1. The molecule has 0 radical (unpaired) electrons. The van der Waals surface area contributed by atoms with Gasteiger partial charge in [-0.05, 0) is 31.0 Å². The fraction of sp³-hybridized carbons (Fsp3) is 0.500. The van der Waals surface area contributed by atoms with E-state index in [-0.39, 0.29) is 10.5 Å². The molecule has 0 bridgehead atoms. The Balaban J connectivity index is 2.14. The zero-order chi connectivity index (χ0) is 13.2. The van der Waals surface area contributed by atoms with Gasteiger partial charge in [0.15, 0.2) is 0 Å². The first-order valence-corrected chi connectivity index (χ1v) is 6.47. The van der Waals surface area contributed by atoms with Gasteiger partial charge in [-0.15, -0.1) is 0 Å². The number of hydrogen-bond acceptors (Lipinski definition) is 2. The van der Waals surface area contributed by atoms with Crippen molar-refractivity contribution in [1.29, 1.82) is 0 Å². The zero-order valence-corrected chi connectivity index (χ0v) is 11.1. The van der Waals surface area contributed by atoms with Gasteiger partial charge in [-0.2, -0.15) is 13.2 Å². The Kier molecular flexibility index (Phi) is 4.17. The molecule has 0 atom stereocenters. The highest BCUT2D eigenvalue weighted by atomic mass is 79.9. The summed E-state index contributed by atoms with van der Waals surface area (Å²) in [7, 11) is 0. The summed E-state index contributed by atoms with van der Waals surface area (Å²) >= 11 is 2.92. The fourth-order valence-corrected chi connectivity index (χ4v) is 2.38. The molecule has 18 heavy (non-hydrogen) atoms. The molecule has 1 aliphatic heterocycles. The van der Waals surface area contributed by atoms with Crippen molar-refractivity contribution in [3.05, 3.63) is 28.2 Å². The predicted octanol–water partition coefficient (Wildman–Crippen LogP) is 4.06. The summed E-state index contributed by atoms with van der Waals surface area (Å²) < 4.78 is 43.5. The smallest absolute Gasteiger partial charge is 0.382 e. The van der Waals surface area contributed by atoms with Gasteiger partial charge in [-0.1, -0.05) is 15.9 Å². The van der Waals surface area contributed by atoms with Crippen molar-refractivity contribution >= 4 is 21.6 Å². The first-order valence-electron chi connectivity index (χ1n) is 5.68. The molecule has 1 fully saturated rings. The first kappa shape index (κ1) is 13.7. The molecule has 1 aliphatic rings. The van der Waals surface area contributed by atoms with E-state index >= 15 is 0 Å². The van der Waals surface area contributed by atoms with Crippen LogP contribution in [-0.4, -0.2) is 19.3 Å². The Morgan fingerprint density at radius 2 is 1.89 bits per heavy atom. The van der Waals surface area contributed by atoms with E-state index in [1.54, 1.807) is 6.07 Å². The van der Waals surface area contributed by atoms with Crippen LogP contribution in [0.25, 0.3) is 0 Å². The number of alkyl halides is 3. The third kappa shape index (κ3) is 3.38. The second kappa shape index (κ2) is 5.48. The van der Waals surface area contributed by atoms with Crippen LogP contribution in [0.2, 0.25) is 0 Å². The Morgan fingerprint density at radius 3 is 2.50 bits per heavy atom. The Hall–Kier alpha value is -0.750. The molecule has 0 aliphatic carbocycles. The highest BCUT2D eigenvalue weighted by Gasteiger charge is 2.33. The average Bonchev–Trinajstić information content (AvgIpc) is 2.31. The molecule has 6 heteroatoms. The monoisotopic (exact) mass is 323 g/mol. The number of rotatable bonds is 2. The van der Waals surface area contributed by atoms with Gasteiger partial charge >= 0.3 is 6.18 Å². The second-order valence-electron chi connectivity index (χ2n) is 4.22. The summed E-state index contributed by atoms with van der Waals surface area (Å²) in [5.41, 5.74) is -0.156. The van der Waals surface area contributed by atoms with Crippen molar-refractivity contribution in [2.45, 2.75) is 25.1 Å². The highest BCUT2D eigenvalue weighted by molar-refractivity contribution is 9.10. The van der Waals surface area contributed by atoms with E-state index in [9.17, 15) is 13.2 Å². The van der Waals surface area contributed by atoms with Crippen LogP contribution in [0.3, 0.4) is 0 Å². The molecule has 2 nitrogen and oxygen atoms in total. The molecule has 1 aromatic carbocycles. The van der Waals surface area contributed by atoms with E-state index in [4.69, 9.17) is 4.74 Å². The molecule has 0 unspecified atom stereocenters. The summed E-state index contributed by atoms with van der Waals surface area (Å²) in [4.78, 5) is 0. The van der Waals surface area contributed by atoms with Crippen molar-refractivity contribution in [2.75, 3.05) is 18.5 Å². The minimum Gasteiger partial charge on any atom is -0.382 e. The lowest BCUT2D eigenvalue weighted by Crippen LogP contribution is -2.27. The number of nitrogens with one attached hydrogen (secondary N) is 1. The lowest BCUT2D eigenvalue weighted by atomic mass is 10.1. The minimum atomic E-state index is -4.34. The summed E-state index contributed by atoms with van der Waals surface area (Å²) in [5.74, 6) is 0. The number of halogens is 4. The molecule has 0 saturated carbocycles. The van der Waals surface area contributed by atoms with Gasteiger partial charge in [-0.25, -0.2) is 0 Å². The molecule has 0 aromatic heterocycles. The van der Waals surface area contributed by atoms with Crippen molar-refractivity contribution in [2.24, 2.45) is 0 Å². The molecule has 1 aromatic rings. The first-order chi connectivity index (χ1) is 8.47. The Labute approximate surface area is 112 Å². The van der Waals surface area contributed by atoms with E-state index in [1.165, 1.54) is 6.07 Å². The molecular weight excluding hydrogens is 311 g/mol. The lowest BCUT2D eigenvalue weighted by Gasteiger charge is -2.24. The van der Waals surface area contributed by atoms with Gasteiger partial charge in [0, 0.05) is 29.4 Å². The van der Waals surface area contributed by atoms with E-state index < -0.39 is 11.7 Å². The summed E-state index contributed by atoms with van der Waals surface area (Å²) in [6, 6.07) is 4.39. The van der Waals surface area contributed by atoms with Crippen LogP contribution in [0.5, 0.6) is 0 Å². The van der Waals surface area contributed by atoms with Crippen LogP contribution in [0.4, 0.5) is 18.9 Å². The van der Waals surface area contributed by atoms with Crippen LogP contribution >= 0.6 is 15.9 Å². The van der Waals surface area contributed by atoms with Gasteiger partial charge in [0.05, 0.1) is 5.56 Å². The van der Waals surface area contributed by atoms with Crippen LogP contribution in [0, 0.1) is 0 Å². The second-order valence-corrected chi connectivity index (χ2v) is 5.08. The molecule has 1 heterocycles. The standard InChI is InChI=1S/C12H13BrF3NO/c13-11-2-1-9(7-10(11)12(14,15)16)17-8-3-5-18-6-4-8/h1-2,7-8,17H,3-6H2. The van der Waals surface area contributed by atoms with Crippen molar-refractivity contribution in [1.82, 2.24) is 0 Å². The van der Waals surface area contributed by atoms with E-state index in [0.29, 0.717) is 18.9 Å². The van der Waals surface area contributed by atoms with E-state index in [2.05, 4.69) is 21.2 Å². The molecule has 2 rings (SSSR count). The van der Waals surface area contributed by atoms with Crippen LogP contribution in [0.15, 0.2) is 22.7 Å². The van der Waals surface area contributed by atoms with Crippen molar-refractivity contribution < 1.29 is 17.9 Å². The molecule has 0 amide bonds. The SMILES string of the molecule is FC(F)(F)c1cc(NC2CCOCC2)ccc1Br. The quantitative estimate of drug-likeness (QED) is 0.886. The molecule has 1 N–H and O–H groups in total. The van der Waals surface area contributed by atoms with Crippen LogP contribution < -0.4 is 5.32 Å². The van der Waals surface area contributed by atoms with Crippen LogP contribution in [0.1, 0.15) is 18.4 Å². The third-order valence-corrected chi connectivity index (χ3v) is 3.56. The van der Waals surface area contributed by atoms with Gasteiger partial charge in [0.1, 0.15) is 0 Å². The predicted molar refractivity (Wildman–Crippen MR) is 66.6 cm³/mol. The van der Waals surface area contributed by atoms with Gasteiger partial charge in [0.2, 0.25) is 0 Å². The normalized spacial score (nSPS) is 17.8. The zero-order valence-electron chi connectivity index (χ0n) is 9.56. The summed E-state index contributed by atoms with van der Waals surface area (Å²) in [6.07, 6.45) is -2.71. The molecule has 1 saturated heterocycles. The lowest BCUT2D eigenvalue weighted by molar-refractivity contribution is -0.138. The van der Waals surface area contributed by atoms with Gasteiger partial charge in [0.25, 0.3) is 0 Å². The maximum absolute atomic E-state index is 12.7. The van der Waals surface area contributed by atoms with Crippen LogP contribution in [-0.2, 0) is 10.9 Å². The highest BCUT2D eigenvalue weighted by Crippen LogP contribution is 2.36. The number of anilines is 1. The van der Waals surface area contributed by atoms with Crippen molar-refractivity contribution in [3.8, 4) is 0 Å². The van der Waals surface area contributed by atoms with E-state index in [0.717, 1.165) is 18.9 Å². The van der Waals surface area contributed by atoms with Gasteiger partial charge in [-0.3, -0.25) is 0 Å². The Bertz CT molecular complexity index is 416. The largest absolute Gasteiger partial charge is 0.417 e. The molecule has 0 spiro atoms. The molecular formula is C12H13BrF3NO. The van der Waals surface area contributed by atoms with Gasteiger partial charge < -0.3 is 10.1 Å². The maximum Gasteiger partial charge on any atom is 0.417 e. The minimum absolute atomic E-state index is 0.0625. The topological polar surface area (TPSA) is 21.3 Å². The Morgan fingerprint density at radius 1 is 1.22 bits per heavy atom. The van der Waals surface area contributed by atoms with Crippen molar-refractivity contribution in [3.63, 3.8) is 0 Å². The summed E-state index contributed by atoms with van der Waals surface area (Å²) in [6.45, 7) is 1.31. The van der Waals surface area contributed by atoms with E-state index in [1.807, 2.05) is 0 Å². The number of benzene rings is 1. The average molecular weight is 324 g/mol. The summed E-state index contributed by atoms with van der Waals surface area (Å²) in [5, 5.41) is 3.12. The number of hydrogen-bond donors (Lipinski definition) is 1. The fourth-order valence-electron chi connectivity index (χ4n) is 1.91.